The third-order valence-electron chi connectivity index (χ3n) is 1.74. The Balaban J connectivity index is 3.63. The van der Waals surface area contributed by atoms with E-state index in [-0.39, 0.29) is 5.97 Å². The zero-order valence-electron chi connectivity index (χ0n) is 9.19. The third-order valence-corrected chi connectivity index (χ3v) is 3.23. The highest BCUT2D eigenvalue weighted by Gasteiger charge is 2.05. The number of nitrogens with zero attached hydrogens (tertiary/aromatic N) is 1. The molecule has 0 rings (SSSR count). The predicted molar refractivity (Wildman–Crippen MR) is 69.1 cm³/mol. The Kier molecular flexibility index (Phi) is 8.41. The monoisotopic (exact) mass is 247 g/mol. The van der Waals surface area contributed by atoms with Crippen molar-refractivity contribution in [3.8, 4) is 0 Å². The highest BCUT2D eigenvalue weighted by atomic mass is 32.2. The van der Waals surface area contributed by atoms with E-state index in [1.54, 1.807) is 0 Å². The molecule has 3 nitrogen and oxygen atoms in total. The smallest absolute Gasteiger partial charge is 0.330 e. The molecule has 0 heterocycles. The van der Waals surface area contributed by atoms with Crippen molar-refractivity contribution in [2.24, 2.45) is 0 Å². The van der Waals surface area contributed by atoms with E-state index < -0.39 is 0 Å². The van der Waals surface area contributed by atoms with Gasteiger partial charge in [0.25, 0.3) is 0 Å². The molecular formula is C10H17NO2S2. The second-order valence-electron chi connectivity index (χ2n) is 2.66. The number of esters is 1. The topological polar surface area (TPSA) is 29.5 Å². The van der Waals surface area contributed by atoms with Crippen LogP contribution >= 0.6 is 24.0 Å². The summed E-state index contributed by atoms with van der Waals surface area (Å²) in [5.74, 6) is 0.305. The molecule has 0 bridgehead atoms. The van der Waals surface area contributed by atoms with Gasteiger partial charge in [0.05, 0.1) is 0 Å². The molecule has 0 aromatic carbocycles. The van der Waals surface area contributed by atoms with Crippen LogP contribution in [0.25, 0.3) is 0 Å². The Morgan fingerprint density at radius 2 is 2.13 bits per heavy atom. The molecule has 0 radical (unpaired) electrons. The van der Waals surface area contributed by atoms with Crippen molar-refractivity contribution in [2.45, 2.75) is 13.8 Å². The van der Waals surface area contributed by atoms with Gasteiger partial charge in [0.15, 0.2) is 0 Å². The van der Waals surface area contributed by atoms with E-state index in [0.29, 0.717) is 12.4 Å². The molecule has 0 aliphatic rings. The Morgan fingerprint density at radius 3 is 2.60 bits per heavy atom. The van der Waals surface area contributed by atoms with Crippen molar-refractivity contribution in [1.29, 1.82) is 0 Å². The van der Waals surface area contributed by atoms with Gasteiger partial charge in [0.2, 0.25) is 0 Å². The van der Waals surface area contributed by atoms with Gasteiger partial charge in [-0.25, -0.2) is 4.79 Å². The molecule has 0 aromatic heterocycles. The van der Waals surface area contributed by atoms with Crippen LogP contribution in [0.15, 0.2) is 12.7 Å². The fraction of sp³-hybridized carbons (Fsp3) is 0.600. The summed E-state index contributed by atoms with van der Waals surface area (Å²) in [5, 5.41) is 0. The first-order valence-corrected chi connectivity index (χ1v) is 6.25. The Labute approximate surface area is 101 Å². The third kappa shape index (κ3) is 6.52. The van der Waals surface area contributed by atoms with Crippen LogP contribution in [-0.2, 0) is 9.53 Å². The molecule has 0 fully saturated rings. The number of ether oxygens (including phenoxy) is 1. The molecule has 0 aromatic rings. The maximum absolute atomic E-state index is 10.7. The zero-order valence-corrected chi connectivity index (χ0v) is 10.8. The van der Waals surface area contributed by atoms with Crippen LogP contribution in [0.1, 0.15) is 13.8 Å². The summed E-state index contributed by atoms with van der Waals surface area (Å²) in [6.07, 6.45) is 1.16. The minimum atomic E-state index is -0.385. The normalized spacial score (nSPS) is 9.47. The van der Waals surface area contributed by atoms with Crippen LogP contribution in [0.2, 0.25) is 0 Å². The highest BCUT2D eigenvalue weighted by molar-refractivity contribution is 8.22. The summed E-state index contributed by atoms with van der Waals surface area (Å²) in [6, 6.07) is 0. The number of hydrogen-bond donors (Lipinski definition) is 0. The number of hydrogen-bond acceptors (Lipinski definition) is 4. The van der Waals surface area contributed by atoms with Gasteiger partial charge < -0.3 is 9.64 Å². The van der Waals surface area contributed by atoms with Gasteiger partial charge in [-0.05, 0) is 13.8 Å². The fourth-order valence-electron chi connectivity index (χ4n) is 0.903. The predicted octanol–water partition coefficient (Wildman–Crippen LogP) is 2.08. The first-order valence-electron chi connectivity index (χ1n) is 4.86. The van der Waals surface area contributed by atoms with E-state index in [9.17, 15) is 4.79 Å². The molecule has 15 heavy (non-hydrogen) atoms. The lowest BCUT2D eigenvalue weighted by atomic mass is 10.6. The van der Waals surface area contributed by atoms with Gasteiger partial charge >= 0.3 is 5.97 Å². The lowest BCUT2D eigenvalue weighted by Crippen LogP contribution is -2.27. The first-order chi connectivity index (χ1) is 7.15. The highest BCUT2D eigenvalue weighted by Crippen LogP contribution is 2.08. The van der Waals surface area contributed by atoms with Crippen LogP contribution in [0, 0.1) is 0 Å². The SMILES string of the molecule is C=CC(=O)OCCSC(=S)N(CC)CC. The molecular weight excluding hydrogens is 230 g/mol. The molecule has 0 amide bonds. The van der Waals surface area contributed by atoms with E-state index in [1.165, 1.54) is 11.8 Å². The van der Waals surface area contributed by atoms with Crippen LogP contribution < -0.4 is 0 Å². The molecule has 0 atom stereocenters. The van der Waals surface area contributed by atoms with Gasteiger partial charge in [-0.1, -0.05) is 30.6 Å². The van der Waals surface area contributed by atoms with Crippen molar-refractivity contribution in [2.75, 3.05) is 25.4 Å². The van der Waals surface area contributed by atoms with Gasteiger partial charge in [0.1, 0.15) is 10.9 Å². The fourth-order valence-corrected chi connectivity index (χ4v) is 2.19. The Hall–Kier alpha value is -0.550. The van der Waals surface area contributed by atoms with Gasteiger partial charge in [0, 0.05) is 24.9 Å². The van der Waals surface area contributed by atoms with Gasteiger partial charge in [-0.3, -0.25) is 0 Å². The molecule has 0 aliphatic carbocycles. The summed E-state index contributed by atoms with van der Waals surface area (Å²) in [4.78, 5) is 12.8. The molecule has 0 unspecified atom stereocenters. The van der Waals surface area contributed by atoms with E-state index in [4.69, 9.17) is 17.0 Å². The number of rotatable bonds is 6. The first kappa shape index (κ1) is 14.5. The minimum Gasteiger partial charge on any atom is -0.462 e. The maximum atomic E-state index is 10.7. The number of carbonyl (C=O) groups is 1. The zero-order chi connectivity index (χ0) is 11.7. The minimum absolute atomic E-state index is 0.372. The average molecular weight is 247 g/mol. The number of thiocarbonyl (C=S) groups is 1. The van der Waals surface area contributed by atoms with E-state index in [2.05, 4.69) is 25.3 Å². The quantitative estimate of drug-likeness (QED) is 0.310. The second-order valence-corrected chi connectivity index (χ2v) is 4.39. The van der Waals surface area contributed by atoms with Gasteiger partial charge in [-0.15, -0.1) is 0 Å². The summed E-state index contributed by atoms with van der Waals surface area (Å²) < 4.78 is 5.69. The lowest BCUT2D eigenvalue weighted by Gasteiger charge is -2.20. The van der Waals surface area contributed by atoms with E-state index >= 15 is 0 Å². The Bertz CT molecular complexity index is 227. The lowest BCUT2D eigenvalue weighted by molar-refractivity contribution is -0.137. The van der Waals surface area contributed by atoms with Crippen LogP contribution in [0.3, 0.4) is 0 Å². The van der Waals surface area contributed by atoms with Crippen molar-refractivity contribution in [1.82, 2.24) is 4.90 Å². The molecule has 0 N–H and O–H groups in total. The number of thioether (sulfide) groups is 1. The Morgan fingerprint density at radius 1 is 1.53 bits per heavy atom. The summed E-state index contributed by atoms with van der Waals surface area (Å²) >= 11 is 6.74. The van der Waals surface area contributed by atoms with Crippen molar-refractivity contribution in [3.63, 3.8) is 0 Å². The molecule has 0 saturated heterocycles. The summed E-state index contributed by atoms with van der Waals surface area (Å²) in [5.41, 5.74) is 0. The summed E-state index contributed by atoms with van der Waals surface area (Å²) in [6.45, 7) is 9.64. The maximum Gasteiger partial charge on any atom is 0.330 e. The van der Waals surface area contributed by atoms with Crippen LogP contribution in [0.5, 0.6) is 0 Å². The largest absolute Gasteiger partial charge is 0.462 e. The van der Waals surface area contributed by atoms with Crippen molar-refractivity contribution >= 4 is 34.3 Å². The van der Waals surface area contributed by atoms with Crippen molar-refractivity contribution < 1.29 is 9.53 Å². The molecule has 5 heteroatoms. The molecule has 0 spiro atoms. The standard InChI is InChI=1S/C10H17NO2S2/c1-4-9(12)13-7-8-15-10(14)11(5-2)6-3/h4H,1,5-8H2,2-3H3. The van der Waals surface area contributed by atoms with Crippen LogP contribution in [-0.4, -0.2) is 40.6 Å². The molecule has 86 valence electrons. The second kappa shape index (κ2) is 8.73. The van der Waals surface area contributed by atoms with Crippen molar-refractivity contribution in [3.05, 3.63) is 12.7 Å². The summed E-state index contributed by atoms with van der Waals surface area (Å²) in [7, 11) is 0. The van der Waals surface area contributed by atoms with E-state index in [1.807, 2.05) is 0 Å². The number of carbonyl (C=O) groups excluding carboxylic acids is 1. The molecule has 0 aliphatic heterocycles. The van der Waals surface area contributed by atoms with Crippen LogP contribution in [0.4, 0.5) is 0 Å². The van der Waals surface area contributed by atoms with Gasteiger partial charge in [-0.2, -0.15) is 0 Å². The van der Waals surface area contributed by atoms with E-state index in [0.717, 1.165) is 23.5 Å². The average Bonchev–Trinajstić information content (AvgIpc) is 2.25. The molecule has 0 saturated carbocycles.